The number of nitrogens with zero attached hydrogens (tertiary/aromatic N) is 3. The van der Waals surface area contributed by atoms with Gasteiger partial charge in [0.1, 0.15) is 0 Å². The summed E-state index contributed by atoms with van der Waals surface area (Å²) in [7, 11) is 0. The first kappa shape index (κ1) is 17.5. The SMILES string of the molecule is O=C(CCc1cnccn1)N1CCO[C@H](CCCc2ccccc2)C1. The van der Waals surface area contributed by atoms with Crippen LogP contribution in [0.15, 0.2) is 48.9 Å². The van der Waals surface area contributed by atoms with Crippen LogP contribution in [0.5, 0.6) is 0 Å². The van der Waals surface area contributed by atoms with Gasteiger partial charge in [-0.3, -0.25) is 14.8 Å². The molecule has 1 fully saturated rings. The van der Waals surface area contributed by atoms with Crippen molar-refractivity contribution < 1.29 is 9.53 Å². The van der Waals surface area contributed by atoms with Crippen LogP contribution in [0.3, 0.4) is 0 Å². The van der Waals surface area contributed by atoms with Crippen LogP contribution in [-0.2, 0) is 22.4 Å². The molecule has 0 saturated carbocycles. The maximum atomic E-state index is 12.4. The van der Waals surface area contributed by atoms with Gasteiger partial charge in [0.05, 0.1) is 18.4 Å². The van der Waals surface area contributed by atoms with Crippen molar-refractivity contribution in [1.82, 2.24) is 14.9 Å². The lowest BCUT2D eigenvalue weighted by Gasteiger charge is -2.33. The van der Waals surface area contributed by atoms with E-state index in [9.17, 15) is 4.79 Å². The van der Waals surface area contributed by atoms with E-state index in [0.29, 0.717) is 32.5 Å². The standard InChI is InChI=1S/C20H25N3O2/c24-20(10-9-18-15-21-11-12-22-18)23-13-14-25-19(16-23)8-4-7-17-5-2-1-3-6-17/h1-3,5-6,11-12,15,19H,4,7-10,13-14,16H2/t19-/m1/s1. The van der Waals surface area contributed by atoms with Gasteiger partial charge in [-0.1, -0.05) is 30.3 Å². The Labute approximate surface area is 149 Å². The fraction of sp³-hybridized carbons (Fsp3) is 0.450. The number of aryl methyl sites for hydroxylation is 2. The van der Waals surface area contributed by atoms with Crippen LogP contribution < -0.4 is 0 Å². The van der Waals surface area contributed by atoms with E-state index in [4.69, 9.17) is 4.74 Å². The van der Waals surface area contributed by atoms with Crippen molar-refractivity contribution in [3.63, 3.8) is 0 Å². The predicted octanol–water partition coefficient (Wildman–Crippen LogP) is 2.66. The minimum absolute atomic E-state index is 0.151. The Morgan fingerprint density at radius 1 is 1.20 bits per heavy atom. The summed E-state index contributed by atoms with van der Waals surface area (Å²) >= 11 is 0. The van der Waals surface area contributed by atoms with Gasteiger partial charge in [0.2, 0.25) is 5.91 Å². The van der Waals surface area contributed by atoms with Gasteiger partial charge < -0.3 is 9.64 Å². The molecule has 0 N–H and O–H groups in total. The highest BCUT2D eigenvalue weighted by Gasteiger charge is 2.23. The van der Waals surface area contributed by atoms with Crippen molar-refractivity contribution in [2.24, 2.45) is 0 Å². The Kier molecular flexibility index (Phi) is 6.51. The van der Waals surface area contributed by atoms with Crippen molar-refractivity contribution in [1.29, 1.82) is 0 Å². The van der Waals surface area contributed by atoms with Gasteiger partial charge in [-0.15, -0.1) is 0 Å². The molecule has 0 spiro atoms. The molecule has 0 aliphatic carbocycles. The van der Waals surface area contributed by atoms with Crippen molar-refractivity contribution in [2.45, 2.75) is 38.2 Å². The lowest BCUT2D eigenvalue weighted by molar-refractivity contribution is -0.139. The van der Waals surface area contributed by atoms with Crippen molar-refractivity contribution >= 4 is 5.91 Å². The third-order valence-electron chi connectivity index (χ3n) is 4.54. The molecule has 0 radical (unpaired) electrons. The molecular weight excluding hydrogens is 314 g/mol. The van der Waals surface area contributed by atoms with Crippen LogP contribution in [0.1, 0.15) is 30.5 Å². The van der Waals surface area contributed by atoms with Crippen LogP contribution in [0.4, 0.5) is 0 Å². The predicted molar refractivity (Wildman–Crippen MR) is 96.1 cm³/mol. The van der Waals surface area contributed by atoms with Gasteiger partial charge in [0.25, 0.3) is 0 Å². The Hall–Kier alpha value is -2.27. The van der Waals surface area contributed by atoms with Crippen LogP contribution in [0.2, 0.25) is 0 Å². The number of hydrogen-bond donors (Lipinski definition) is 0. The summed E-state index contributed by atoms with van der Waals surface area (Å²) in [6.45, 7) is 2.02. The second-order valence-corrected chi connectivity index (χ2v) is 6.41. The van der Waals surface area contributed by atoms with E-state index in [1.165, 1.54) is 5.56 Å². The van der Waals surface area contributed by atoms with Gasteiger partial charge in [-0.2, -0.15) is 0 Å². The number of amides is 1. The van der Waals surface area contributed by atoms with Crippen LogP contribution in [0.25, 0.3) is 0 Å². The summed E-state index contributed by atoms with van der Waals surface area (Å²) in [6.07, 6.45) is 9.43. The van der Waals surface area contributed by atoms with Gasteiger partial charge in [0, 0.05) is 38.1 Å². The Morgan fingerprint density at radius 3 is 2.88 bits per heavy atom. The maximum absolute atomic E-state index is 12.4. The number of ether oxygens (including phenoxy) is 1. The molecule has 1 aromatic heterocycles. The molecule has 1 atom stereocenters. The second-order valence-electron chi connectivity index (χ2n) is 6.41. The van der Waals surface area contributed by atoms with E-state index in [0.717, 1.165) is 25.0 Å². The molecule has 2 aromatic rings. The Balaban J connectivity index is 1.40. The molecule has 5 heteroatoms. The zero-order valence-electron chi connectivity index (χ0n) is 14.5. The zero-order valence-corrected chi connectivity index (χ0v) is 14.5. The summed E-state index contributed by atoms with van der Waals surface area (Å²) in [5.74, 6) is 0.182. The molecule has 132 valence electrons. The van der Waals surface area contributed by atoms with Gasteiger partial charge in [0.15, 0.2) is 0 Å². The average Bonchev–Trinajstić information content (AvgIpc) is 2.68. The zero-order chi connectivity index (χ0) is 17.3. The fourth-order valence-electron chi connectivity index (χ4n) is 3.15. The van der Waals surface area contributed by atoms with Crippen LogP contribution in [-0.4, -0.2) is 46.6 Å². The van der Waals surface area contributed by atoms with Crippen molar-refractivity contribution in [3.05, 3.63) is 60.2 Å². The highest BCUT2D eigenvalue weighted by molar-refractivity contribution is 5.76. The first-order valence-corrected chi connectivity index (χ1v) is 8.99. The minimum Gasteiger partial charge on any atom is -0.375 e. The molecule has 1 aromatic carbocycles. The average molecular weight is 339 g/mol. The van der Waals surface area contributed by atoms with Crippen LogP contribution >= 0.6 is 0 Å². The molecule has 5 nitrogen and oxygen atoms in total. The fourth-order valence-corrected chi connectivity index (χ4v) is 3.15. The Morgan fingerprint density at radius 2 is 2.08 bits per heavy atom. The number of rotatable bonds is 7. The number of morpholine rings is 1. The van der Waals surface area contributed by atoms with E-state index < -0.39 is 0 Å². The number of benzene rings is 1. The van der Waals surface area contributed by atoms with E-state index in [-0.39, 0.29) is 12.0 Å². The maximum Gasteiger partial charge on any atom is 0.223 e. The van der Waals surface area contributed by atoms with Gasteiger partial charge in [-0.25, -0.2) is 0 Å². The monoisotopic (exact) mass is 339 g/mol. The van der Waals surface area contributed by atoms with Crippen molar-refractivity contribution in [2.75, 3.05) is 19.7 Å². The normalized spacial score (nSPS) is 17.4. The summed E-state index contributed by atoms with van der Waals surface area (Å²) in [4.78, 5) is 22.6. The lowest BCUT2D eigenvalue weighted by Crippen LogP contribution is -2.45. The van der Waals surface area contributed by atoms with Crippen molar-refractivity contribution in [3.8, 4) is 0 Å². The van der Waals surface area contributed by atoms with E-state index in [1.54, 1.807) is 18.6 Å². The first-order chi connectivity index (χ1) is 12.3. The molecule has 1 saturated heterocycles. The third kappa shape index (κ3) is 5.64. The van der Waals surface area contributed by atoms with E-state index in [2.05, 4.69) is 34.2 Å². The Bertz CT molecular complexity index is 649. The highest BCUT2D eigenvalue weighted by atomic mass is 16.5. The number of aromatic nitrogens is 2. The summed E-state index contributed by atoms with van der Waals surface area (Å²) in [5, 5.41) is 0. The third-order valence-corrected chi connectivity index (χ3v) is 4.54. The first-order valence-electron chi connectivity index (χ1n) is 8.99. The van der Waals surface area contributed by atoms with Gasteiger partial charge >= 0.3 is 0 Å². The molecule has 3 rings (SSSR count). The number of carbonyl (C=O) groups excluding carboxylic acids is 1. The molecule has 1 aliphatic rings. The summed E-state index contributed by atoms with van der Waals surface area (Å²) in [6, 6.07) is 10.5. The molecule has 0 bridgehead atoms. The molecule has 1 amide bonds. The van der Waals surface area contributed by atoms with E-state index in [1.807, 2.05) is 11.0 Å². The second kappa shape index (κ2) is 9.28. The molecule has 0 unspecified atom stereocenters. The quantitative estimate of drug-likeness (QED) is 0.778. The molecule has 2 heterocycles. The van der Waals surface area contributed by atoms with E-state index >= 15 is 0 Å². The minimum atomic E-state index is 0.151. The topological polar surface area (TPSA) is 55.3 Å². The summed E-state index contributed by atoms with van der Waals surface area (Å²) in [5.41, 5.74) is 2.22. The molecule has 25 heavy (non-hydrogen) atoms. The summed E-state index contributed by atoms with van der Waals surface area (Å²) < 4.78 is 5.84. The largest absolute Gasteiger partial charge is 0.375 e. The highest BCUT2D eigenvalue weighted by Crippen LogP contribution is 2.14. The molecular formula is C20H25N3O2. The molecule has 1 aliphatic heterocycles. The number of carbonyl (C=O) groups is 1. The smallest absolute Gasteiger partial charge is 0.223 e. The van der Waals surface area contributed by atoms with Crippen LogP contribution in [0, 0.1) is 0 Å². The number of hydrogen-bond acceptors (Lipinski definition) is 4. The van der Waals surface area contributed by atoms with Gasteiger partial charge in [-0.05, 0) is 31.2 Å². The lowest BCUT2D eigenvalue weighted by atomic mass is 10.0.